The van der Waals surface area contributed by atoms with Crippen molar-refractivity contribution in [2.45, 2.75) is 220 Å². The predicted molar refractivity (Wildman–Crippen MR) is 490 cm³/mol. The fourth-order valence-corrected chi connectivity index (χ4v) is 10.0. The molecule has 31 heteroatoms. The van der Waals surface area contributed by atoms with E-state index in [1.54, 1.807) is 51.7 Å². The smallest absolute Gasteiger partial charge is 0.302 e. The quantitative estimate of drug-likeness (QED) is 0.0109. The fraction of sp³-hybridized carbons (Fsp3) is 0.697. The average molecular weight is 1720 g/mol. The first-order chi connectivity index (χ1) is 56.6. The summed E-state index contributed by atoms with van der Waals surface area (Å²) in [6.07, 6.45) is 14.6. The van der Waals surface area contributed by atoms with Gasteiger partial charge in [-0.2, -0.15) is 11.8 Å². The molecule has 3 heterocycles. The van der Waals surface area contributed by atoms with Gasteiger partial charge in [0.05, 0.1) is 26.2 Å². The van der Waals surface area contributed by atoms with Crippen molar-refractivity contribution in [3.8, 4) is 0 Å². The number of methoxy groups -OCH3 is 2. The molecule has 3 aliphatic heterocycles. The molecule has 7 N–H and O–H groups in total. The lowest BCUT2D eigenvalue weighted by molar-refractivity contribution is -0.141. The van der Waals surface area contributed by atoms with Crippen LogP contribution in [0.1, 0.15) is 212 Å². The first-order valence-corrected chi connectivity index (χ1v) is 43.2. The lowest BCUT2D eigenvalue weighted by Gasteiger charge is -2.19. The van der Waals surface area contributed by atoms with Crippen molar-refractivity contribution in [2.24, 2.45) is 17.0 Å². The third-order valence-corrected chi connectivity index (χ3v) is 17.9. The number of hydrogen-bond donors (Lipinski definition) is 7. The number of esters is 1. The van der Waals surface area contributed by atoms with Gasteiger partial charge in [-0.3, -0.25) is 67.4 Å². The van der Waals surface area contributed by atoms with Crippen LogP contribution in [0.15, 0.2) is 84.1 Å². The minimum absolute atomic E-state index is 0.00287. The van der Waals surface area contributed by atoms with E-state index in [0.29, 0.717) is 83.5 Å². The molecule has 3 atom stereocenters. The van der Waals surface area contributed by atoms with Gasteiger partial charge in [0.1, 0.15) is 5.54 Å². The number of likely N-dealkylation sites (tertiary alicyclic amines) is 2. The lowest BCUT2D eigenvalue weighted by Crippen LogP contribution is -2.34. The third kappa shape index (κ3) is 79.9. The van der Waals surface area contributed by atoms with Crippen molar-refractivity contribution < 1.29 is 82.3 Å². The average Bonchev–Trinajstić information content (AvgIpc) is 1.38. The summed E-state index contributed by atoms with van der Waals surface area (Å²) in [5, 5.41) is 40.0. The van der Waals surface area contributed by atoms with Gasteiger partial charge in [0.2, 0.25) is 41.4 Å². The number of aliphatic hydroxyl groups excluding tert-OH is 3. The number of amides is 10. The summed E-state index contributed by atoms with van der Waals surface area (Å²) in [4.78, 5) is 138. The number of carbonyl (C=O) groups excluding carboxylic acids is 11. The van der Waals surface area contributed by atoms with Gasteiger partial charge in [-0.25, -0.2) is 0 Å². The van der Waals surface area contributed by atoms with Crippen molar-refractivity contribution >= 4 is 82.5 Å². The zero-order valence-corrected chi connectivity index (χ0v) is 80.0. The maximum absolute atomic E-state index is 11.0. The number of carbonyl (C=O) groups is 11. The van der Waals surface area contributed by atoms with Crippen LogP contribution in [-0.2, 0) is 72.5 Å². The zero-order valence-electron chi connectivity index (χ0n) is 79.2. The Balaban J connectivity index is -0.000000190. The second-order valence-electron chi connectivity index (χ2n) is 28.6. The summed E-state index contributed by atoms with van der Waals surface area (Å²) in [6, 6.07) is 18.5. The Bertz CT molecular complexity index is 2920. The van der Waals surface area contributed by atoms with Crippen molar-refractivity contribution in [3.63, 3.8) is 0 Å². The molecule has 10 amide bonds. The van der Waals surface area contributed by atoms with Crippen LogP contribution in [0.4, 0.5) is 5.69 Å². The van der Waals surface area contributed by atoms with Gasteiger partial charge in [-0.05, 0) is 168 Å². The van der Waals surface area contributed by atoms with Gasteiger partial charge >= 0.3 is 5.97 Å². The summed E-state index contributed by atoms with van der Waals surface area (Å²) in [6.45, 7) is 48.8. The minimum Gasteiger partial charge on any atom is -0.466 e. The number of hydrogen-bond acceptors (Lipinski definition) is 24. The van der Waals surface area contributed by atoms with E-state index in [9.17, 15) is 57.6 Å². The largest absolute Gasteiger partial charge is 0.466 e. The fourth-order valence-electron chi connectivity index (χ4n) is 9.47. The molecule has 0 spiro atoms. The van der Waals surface area contributed by atoms with Crippen LogP contribution in [0, 0.1) is 23.7 Å². The molecular weight excluding hydrogens is 1560 g/mol. The van der Waals surface area contributed by atoms with Gasteiger partial charge in [-0.15, -0.1) is 4.91 Å². The molecule has 0 aromatic heterocycles. The lowest BCUT2D eigenvalue weighted by atomic mass is 9.91. The molecule has 2 aromatic carbocycles. The molecule has 2 aromatic rings. The Labute approximate surface area is 728 Å². The molecule has 0 bridgehead atoms. The molecular formula is C89H166N12O18S. The van der Waals surface area contributed by atoms with Crippen LogP contribution in [-0.4, -0.2) is 296 Å². The number of aryl methyl sites for hydroxylation is 1. The number of nitroso groups, excluding NO2 is 1. The molecule has 2 fully saturated rings. The number of anilines is 1. The number of nitrogens with one attached hydrogen (secondary N) is 4. The number of ether oxygens (including phenoxy) is 3. The standard InChI is InChI=1S/C10H13NO.C10H21NO.C10H15N.2C8H17NO3.C7H17N.C6H9NO2.C6H7NO2.C6H13NOS.C5H5NO2.C5H13N.C4H11NO.C4H8O2/c1-3-10(2,11-12)9-7-5-4-6-8-9;1-8(2)6-5-7-9(3)11-10(4)12;1-4-11(3)10-7-5-6-9(2)8-10;1-8(10)9(4-6-11-2)5-7-12-3;1-8(12)9(4-2-6-10)5-3-7-11;1-4-6-8(3)7-5-2;2*1-4-3-5(8)7(2)6(4)9;1-3-9-5-4-7-6(2)8;1-6-4(7)2-3-5(6)8;1-3-4-5-6-2;1-5-3-2-4-6;1-3-6-4(2)5/h4-8H,3H2,1-2H3;8-9H,5-7H2,1-4H3,(H,11,12);5-8H,4H2,1-3H3;4-7H2,1-3H3;10-11H,2-7H2,1H3;4-7H2,1-3H3;4H,3H2,1-2H3;1,3H2,2H3;3-5H2,1-2H3,(H,7,8);2-3H,1H3;6H,3-5H2,1-2H3;5-6H,2-4H2,1H3;3H2,1-2H3. The topological polar surface area (TPSA) is 376 Å². The molecule has 0 saturated carbocycles. The minimum atomic E-state index is -0.554. The molecule has 696 valence electrons. The van der Waals surface area contributed by atoms with E-state index in [1.165, 1.54) is 122 Å². The number of nitrogens with zero attached hydrogens (tertiary/aromatic N) is 8. The van der Waals surface area contributed by atoms with E-state index in [4.69, 9.17) is 24.8 Å². The van der Waals surface area contributed by atoms with E-state index < -0.39 is 5.54 Å². The Morgan fingerprint density at radius 3 is 1.42 bits per heavy atom. The maximum Gasteiger partial charge on any atom is 0.302 e. The molecule has 120 heavy (non-hydrogen) atoms. The number of aliphatic hydroxyl groups is 3. The SMILES string of the molecule is C=C1CC(=O)N(C)C1=O.CC(=O)N(CCCO)CCCO.CC(=O)NC(C)CCCC(C)C.CC1CC(=O)N(C)C1=O.CCC(C)(N=O)c1ccccc1.CCCCNC.CCCN(C)CCC.CCN(C)c1cccc(C)c1.CCOC(C)=O.CCSCCNC(C)=O.CN1C(=O)C=CC1=O.CNCCCO.COCCN(CCOC)C(C)=O. The molecule has 5 rings (SSSR count). The Hall–Kier alpha value is -7.88. The number of unbranched alkanes of at least 4 members (excludes halogenated alkanes) is 1. The van der Waals surface area contributed by atoms with Crippen molar-refractivity contribution in [3.05, 3.63) is 94.9 Å². The highest BCUT2D eigenvalue weighted by Gasteiger charge is 2.32. The highest BCUT2D eigenvalue weighted by molar-refractivity contribution is 7.99. The van der Waals surface area contributed by atoms with Crippen molar-refractivity contribution in [1.82, 2.24) is 50.7 Å². The van der Waals surface area contributed by atoms with E-state index in [2.05, 4.69) is 148 Å². The van der Waals surface area contributed by atoms with E-state index in [0.717, 1.165) is 78.2 Å². The Morgan fingerprint density at radius 1 is 0.642 bits per heavy atom. The first kappa shape index (κ1) is 128. The number of rotatable bonds is 37. The number of benzene rings is 2. The highest BCUT2D eigenvalue weighted by Crippen LogP contribution is 2.28. The summed E-state index contributed by atoms with van der Waals surface area (Å²) in [5.41, 5.74) is 3.45. The van der Waals surface area contributed by atoms with E-state index in [1.807, 2.05) is 70.0 Å². The molecule has 30 nitrogen and oxygen atoms in total. The maximum atomic E-state index is 11.0. The van der Waals surface area contributed by atoms with Gasteiger partial charge in [0.15, 0.2) is 0 Å². The van der Waals surface area contributed by atoms with E-state index in [-0.39, 0.29) is 90.6 Å². The summed E-state index contributed by atoms with van der Waals surface area (Å²) < 4.78 is 14.1. The summed E-state index contributed by atoms with van der Waals surface area (Å²) in [5.74, 6) is 1.80. The Kier molecular flexibility index (Phi) is 93.1. The van der Waals surface area contributed by atoms with E-state index >= 15 is 0 Å². The number of thioether (sulfide) groups is 1. The second-order valence-corrected chi connectivity index (χ2v) is 30.0. The summed E-state index contributed by atoms with van der Waals surface area (Å²) in [7, 11) is 15.8. The second kappa shape index (κ2) is 87.5. The molecule has 0 radical (unpaired) electrons. The van der Waals surface area contributed by atoms with Crippen LogP contribution < -0.4 is 26.2 Å². The van der Waals surface area contributed by atoms with Crippen LogP contribution in [0.2, 0.25) is 0 Å². The van der Waals surface area contributed by atoms with Gasteiger partial charge in [0.25, 0.3) is 17.7 Å². The van der Waals surface area contributed by atoms with Crippen LogP contribution >= 0.6 is 11.8 Å². The Morgan fingerprint density at radius 2 is 1.14 bits per heavy atom. The van der Waals surface area contributed by atoms with Crippen LogP contribution in [0.3, 0.4) is 0 Å². The van der Waals surface area contributed by atoms with Crippen LogP contribution in [0.5, 0.6) is 0 Å². The van der Waals surface area contributed by atoms with Crippen LogP contribution in [0.25, 0.3) is 0 Å². The predicted octanol–water partition coefficient (Wildman–Crippen LogP) is 10.9. The zero-order chi connectivity index (χ0) is 94.0. The highest BCUT2D eigenvalue weighted by atomic mass is 32.2. The first-order valence-electron chi connectivity index (χ1n) is 42.1. The molecule has 0 aliphatic carbocycles. The number of imide groups is 3. The van der Waals surface area contributed by atoms with Crippen molar-refractivity contribution in [1.29, 1.82) is 0 Å². The monoisotopic (exact) mass is 1720 g/mol. The molecule has 2 saturated heterocycles. The van der Waals surface area contributed by atoms with Gasteiger partial charge in [0, 0.05) is 184 Å². The third-order valence-electron chi connectivity index (χ3n) is 17.0. The summed E-state index contributed by atoms with van der Waals surface area (Å²) >= 11 is 1.84. The number of likely N-dealkylation sites (N-methyl/N-ethyl adjacent to an activating group) is 2. The van der Waals surface area contributed by atoms with Gasteiger partial charge < -0.3 is 70.4 Å². The van der Waals surface area contributed by atoms with Gasteiger partial charge in [-0.1, -0.05) is 129 Å². The normalized spacial score (nSPS) is 13.2. The molecule has 3 aliphatic rings. The van der Waals surface area contributed by atoms with Crippen molar-refractivity contribution in [2.75, 3.05) is 185 Å². The molecule has 3 unspecified atom stereocenters.